The summed E-state index contributed by atoms with van der Waals surface area (Å²) in [5.74, 6) is 2.41. The summed E-state index contributed by atoms with van der Waals surface area (Å²) in [6, 6.07) is 8.61. The van der Waals surface area contributed by atoms with Crippen molar-refractivity contribution in [3.63, 3.8) is 0 Å². The van der Waals surface area contributed by atoms with Gasteiger partial charge in [-0.25, -0.2) is 4.57 Å². The van der Waals surface area contributed by atoms with Crippen molar-refractivity contribution in [3.05, 3.63) is 46.6 Å². The number of hydrogen-bond donors (Lipinski definition) is 0. The molecule has 1 aliphatic heterocycles. The number of thiophene rings is 1. The minimum Gasteiger partial charge on any atom is -0.454 e. The highest BCUT2D eigenvalue weighted by molar-refractivity contribution is 7.19. The smallest absolute Gasteiger partial charge is 0.288 e. The number of aryl methyl sites for hydroxylation is 3. The summed E-state index contributed by atoms with van der Waals surface area (Å²) < 4.78 is 8.76. The topological polar surface area (TPSA) is 26.0 Å². The Kier molecular flexibility index (Phi) is 3.20. The maximum absolute atomic E-state index is 6.61. The van der Waals surface area contributed by atoms with Crippen molar-refractivity contribution in [1.29, 1.82) is 0 Å². The Morgan fingerprint density at radius 1 is 1.04 bits per heavy atom. The first-order chi connectivity index (χ1) is 12.5. The molecule has 2 aromatic carbocycles. The van der Waals surface area contributed by atoms with Gasteiger partial charge in [0, 0.05) is 5.56 Å². The zero-order chi connectivity index (χ0) is 18.2. The third-order valence-electron chi connectivity index (χ3n) is 5.45. The molecule has 0 bridgehead atoms. The Morgan fingerprint density at radius 2 is 1.73 bits per heavy atom. The molecule has 4 heteroatoms. The van der Waals surface area contributed by atoms with Crippen LogP contribution in [0.15, 0.2) is 30.6 Å². The van der Waals surface area contributed by atoms with Crippen molar-refractivity contribution < 1.29 is 9.30 Å². The van der Waals surface area contributed by atoms with Gasteiger partial charge in [0.1, 0.15) is 11.1 Å². The average molecular weight is 361 g/mol. The number of rotatable bonds is 1. The minimum absolute atomic E-state index is 0.408. The van der Waals surface area contributed by atoms with Crippen LogP contribution in [-0.2, 0) is 7.05 Å². The highest BCUT2D eigenvalue weighted by Crippen LogP contribution is 2.54. The van der Waals surface area contributed by atoms with Crippen LogP contribution in [0.5, 0.6) is 11.5 Å². The average Bonchev–Trinajstić information content (AvgIpc) is 3.01. The molecule has 0 fully saturated rings. The van der Waals surface area contributed by atoms with Crippen LogP contribution in [-0.4, -0.2) is 4.98 Å². The van der Waals surface area contributed by atoms with Gasteiger partial charge in [-0.2, -0.15) is 0 Å². The molecule has 5 rings (SSSR count). The maximum Gasteiger partial charge on any atom is 0.288 e. The first-order valence-electron chi connectivity index (χ1n) is 9.00. The van der Waals surface area contributed by atoms with E-state index in [1.54, 1.807) is 11.3 Å². The van der Waals surface area contributed by atoms with E-state index >= 15 is 0 Å². The summed E-state index contributed by atoms with van der Waals surface area (Å²) in [4.78, 5) is 7.01. The molecule has 0 saturated carbocycles. The molecule has 0 radical (unpaired) electrons. The molecule has 4 aromatic rings. The van der Waals surface area contributed by atoms with Gasteiger partial charge < -0.3 is 4.74 Å². The predicted molar refractivity (Wildman–Crippen MR) is 107 cm³/mol. The lowest BCUT2D eigenvalue weighted by Crippen LogP contribution is -2.32. The minimum atomic E-state index is 0.408. The fourth-order valence-electron chi connectivity index (χ4n) is 4.14. The van der Waals surface area contributed by atoms with Crippen LogP contribution in [0.4, 0.5) is 0 Å². The second kappa shape index (κ2) is 5.27. The van der Waals surface area contributed by atoms with E-state index in [2.05, 4.69) is 68.6 Å². The van der Waals surface area contributed by atoms with Gasteiger partial charge in [0.2, 0.25) is 4.83 Å². The quantitative estimate of drug-likeness (QED) is 0.353. The number of ether oxygens (including phenoxy) is 1. The number of benzene rings is 2. The number of hydrogen-bond acceptors (Lipinski definition) is 3. The summed E-state index contributed by atoms with van der Waals surface area (Å²) >= 11 is 1.76. The van der Waals surface area contributed by atoms with Gasteiger partial charge in [0.15, 0.2) is 11.4 Å². The van der Waals surface area contributed by atoms with Crippen LogP contribution in [0.3, 0.4) is 0 Å². The molecule has 0 aliphatic carbocycles. The second-order valence-electron chi connectivity index (χ2n) is 7.44. The van der Waals surface area contributed by atoms with Crippen molar-refractivity contribution in [1.82, 2.24) is 4.98 Å². The highest BCUT2D eigenvalue weighted by atomic mass is 32.1. The van der Waals surface area contributed by atoms with Gasteiger partial charge in [0.25, 0.3) is 6.33 Å². The molecule has 0 unspecified atom stereocenters. The molecule has 0 saturated heterocycles. The van der Waals surface area contributed by atoms with E-state index in [4.69, 9.17) is 4.74 Å². The third-order valence-corrected chi connectivity index (χ3v) is 6.83. The molecule has 3 heterocycles. The summed E-state index contributed by atoms with van der Waals surface area (Å²) in [6.45, 7) is 8.82. The van der Waals surface area contributed by atoms with Crippen molar-refractivity contribution in [3.8, 4) is 22.8 Å². The van der Waals surface area contributed by atoms with Gasteiger partial charge >= 0.3 is 0 Å². The largest absolute Gasteiger partial charge is 0.454 e. The molecule has 130 valence electrons. The maximum atomic E-state index is 6.61. The summed E-state index contributed by atoms with van der Waals surface area (Å²) in [7, 11) is 2.08. The van der Waals surface area contributed by atoms with Gasteiger partial charge in [-0.15, -0.1) is 0 Å². The summed E-state index contributed by atoms with van der Waals surface area (Å²) in [5, 5.41) is 3.72. The van der Waals surface area contributed by atoms with Crippen molar-refractivity contribution in [2.24, 2.45) is 7.05 Å². The lowest BCUT2D eigenvalue weighted by atomic mass is 9.90. The molecule has 2 aromatic heterocycles. The van der Waals surface area contributed by atoms with Crippen LogP contribution in [0.1, 0.15) is 35.8 Å². The van der Waals surface area contributed by atoms with E-state index in [1.807, 2.05) is 6.33 Å². The fourth-order valence-corrected chi connectivity index (χ4v) is 5.22. The molecular formula is C22H21N2OS+. The molecule has 0 atom stereocenters. The Bertz CT molecular complexity index is 1220. The lowest BCUT2D eigenvalue weighted by molar-refractivity contribution is -0.662. The van der Waals surface area contributed by atoms with Crippen LogP contribution in [0.25, 0.3) is 32.2 Å². The first-order valence-corrected chi connectivity index (χ1v) is 9.81. The van der Waals surface area contributed by atoms with Crippen molar-refractivity contribution in [2.45, 2.75) is 33.6 Å². The Morgan fingerprint density at radius 3 is 2.42 bits per heavy atom. The van der Waals surface area contributed by atoms with Gasteiger partial charge in [-0.3, -0.25) is 0 Å². The number of nitrogens with zero attached hydrogens (tertiary/aromatic N) is 2. The van der Waals surface area contributed by atoms with Crippen molar-refractivity contribution >= 4 is 32.3 Å². The van der Waals surface area contributed by atoms with E-state index in [1.165, 1.54) is 38.0 Å². The summed E-state index contributed by atoms with van der Waals surface area (Å²) in [5.41, 5.74) is 4.91. The molecular weight excluding hydrogens is 340 g/mol. The Labute approximate surface area is 156 Å². The van der Waals surface area contributed by atoms with Gasteiger partial charge in [0.05, 0.1) is 17.5 Å². The van der Waals surface area contributed by atoms with E-state index < -0.39 is 0 Å². The fraction of sp³-hybridized carbons (Fsp3) is 0.273. The van der Waals surface area contributed by atoms with E-state index in [0.717, 1.165) is 21.7 Å². The van der Waals surface area contributed by atoms with E-state index in [0.29, 0.717) is 5.92 Å². The molecule has 0 amide bonds. The van der Waals surface area contributed by atoms with Crippen LogP contribution in [0, 0.1) is 13.8 Å². The number of aromatic nitrogens is 2. The SMILES string of the molecule is Cc1c2c(c(C)c3ccccc13)-c1c3c(c(C(C)C)sc3nc[n+]1C)O2. The molecule has 3 nitrogen and oxygen atoms in total. The molecule has 1 aliphatic rings. The molecule has 0 N–H and O–H groups in total. The standard InChI is InChI=1S/C22H21N2OS/c1-11(2)21-20-17-18(24(5)10-23-22(17)26-21)16-12(3)14-8-6-7-9-15(14)13(4)19(16)25-20/h6-11H,1-5H3/q+1. The molecule has 0 spiro atoms. The highest BCUT2D eigenvalue weighted by Gasteiger charge is 2.35. The Hall–Kier alpha value is -2.46. The zero-order valence-corrected chi connectivity index (χ0v) is 16.5. The monoisotopic (exact) mass is 361 g/mol. The number of fused-ring (bicyclic) bond motifs is 3. The van der Waals surface area contributed by atoms with Crippen LogP contribution >= 0.6 is 11.3 Å². The normalized spacial score (nSPS) is 12.7. The molecule has 26 heavy (non-hydrogen) atoms. The predicted octanol–water partition coefficient (Wildman–Crippen LogP) is 5.79. The Balaban J connectivity index is 2.01. The summed E-state index contributed by atoms with van der Waals surface area (Å²) in [6.07, 6.45) is 1.93. The third kappa shape index (κ3) is 1.88. The second-order valence-corrected chi connectivity index (χ2v) is 8.47. The van der Waals surface area contributed by atoms with E-state index in [9.17, 15) is 0 Å². The lowest BCUT2D eigenvalue weighted by Gasteiger charge is -2.23. The van der Waals surface area contributed by atoms with Crippen LogP contribution < -0.4 is 9.30 Å². The van der Waals surface area contributed by atoms with E-state index in [-0.39, 0.29) is 0 Å². The van der Waals surface area contributed by atoms with Gasteiger partial charge in [-0.1, -0.05) is 49.4 Å². The first kappa shape index (κ1) is 15.8. The van der Waals surface area contributed by atoms with Crippen LogP contribution in [0.2, 0.25) is 0 Å². The van der Waals surface area contributed by atoms with Gasteiger partial charge in [-0.05, 0) is 41.1 Å². The zero-order valence-electron chi connectivity index (χ0n) is 15.7. The van der Waals surface area contributed by atoms with Crippen molar-refractivity contribution in [2.75, 3.05) is 0 Å².